The second-order valence-electron chi connectivity index (χ2n) is 7.05. The second-order valence-corrected chi connectivity index (χ2v) is 10.7. The predicted molar refractivity (Wildman–Crippen MR) is 106 cm³/mol. The summed E-state index contributed by atoms with van der Waals surface area (Å²) in [4.78, 5) is 0.335. The van der Waals surface area contributed by atoms with Gasteiger partial charge in [0.15, 0.2) is 0 Å². The van der Waals surface area contributed by atoms with Crippen molar-refractivity contribution >= 4 is 25.7 Å². The first-order valence-corrected chi connectivity index (χ1v) is 11.8. The molecule has 0 unspecified atom stereocenters. The number of rotatable bonds is 5. The van der Waals surface area contributed by atoms with Crippen LogP contribution < -0.4 is 4.72 Å². The molecule has 6 nitrogen and oxygen atoms in total. The third-order valence-corrected chi connectivity index (χ3v) is 7.97. The van der Waals surface area contributed by atoms with E-state index in [9.17, 15) is 16.8 Å². The Hall–Kier alpha value is -1.90. The van der Waals surface area contributed by atoms with E-state index >= 15 is 0 Å². The van der Waals surface area contributed by atoms with Crippen molar-refractivity contribution in [2.45, 2.75) is 36.5 Å². The van der Waals surface area contributed by atoms with Crippen molar-refractivity contribution in [1.29, 1.82) is 0 Å². The fourth-order valence-corrected chi connectivity index (χ4v) is 5.80. The van der Waals surface area contributed by atoms with Crippen LogP contribution in [0.1, 0.15) is 25.3 Å². The molecule has 0 radical (unpaired) electrons. The van der Waals surface area contributed by atoms with Crippen molar-refractivity contribution in [2.24, 2.45) is 5.92 Å². The molecule has 1 heterocycles. The average molecular weight is 409 g/mol. The lowest BCUT2D eigenvalue weighted by Crippen LogP contribution is -2.39. The number of piperidine rings is 1. The van der Waals surface area contributed by atoms with Crippen molar-refractivity contribution in [3.63, 3.8) is 0 Å². The molecule has 1 fully saturated rings. The van der Waals surface area contributed by atoms with Crippen LogP contribution in [-0.4, -0.2) is 34.2 Å². The molecule has 0 spiro atoms. The Morgan fingerprint density at radius 1 is 0.926 bits per heavy atom. The Morgan fingerprint density at radius 2 is 1.52 bits per heavy atom. The Bertz CT molecular complexity index is 999. The Morgan fingerprint density at radius 3 is 2.11 bits per heavy atom. The van der Waals surface area contributed by atoms with Crippen molar-refractivity contribution in [3.8, 4) is 0 Å². The number of anilines is 1. The van der Waals surface area contributed by atoms with E-state index in [0.29, 0.717) is 24.7 Å². The summed E-state index contributed by atoms with van der Waals surface area (Å²) in [7, 11) is -7.27. The molecule has 8 heteroatoms. The number of hydrogen-bond donors (Lipinski definition) is 1. The Balaban J connectivity index is 1.78. The molecule has 1 aliphatic rings. The highest BCUT2D eigenvalue weighted by Gasteiger charge is 2.28. The van der Waals surface area contributed by atoms with Gasteiger partial charge in [-0.05, 0) is 62.1 Å². The molecule has 3 rings (SSSR count). The maximum Gasteiger partial charge on any atom is 0.261 e. The van der Waals surface area contributed by atoms with Crippen LogP contribution in [0.25, 0.3) is 0 Å². The normalized spacial score (nSPS) is 19.0. The largest absolute Gasteiger partial charge is 0.280 e. The summed E-state index contributed by atoms with van der Waals surface area (Å²) in [5.41, 5.74) is 1.29. The molecule has 1 aliphatic heterocycles. The highest BCUT2D eigenvalue weighted by molar-refractivity contribution is 7.92. The molecular weight excluding hydrogens is 384 g/mol. The zero-order valence-electron chi connectivity index (χ0n) is 15.4. The van der Waals surface area contributed by atoms with E-state index in [2.05, 4.69) is 4.72 Å². The summed E-state index contributed by atoms with van der Waals surface area (Å²) in [5.74, 6) is 0.342. The van der Waals surface area contributed by atoms with E-state index in [4.69, 9.17) is 0 Å². The van der Waals surface area contributed by atoms with Crippen molar-refractivity contribution in [3.05, 3.63) is 54.1 Å². The first-order valence-electron chi connectivity index (χ1n) is 8.88. The average Bonchev–Trinajstić information content (AvgIpc) is 2.62. The lowest BCUT2D eigenvalue weighted by molar-refractivity contribution is 0.281. The molecule has 0 amide bonds. The van der Waals surface area contributed by atoms with Gasteiger partial charge in [0.05, 0.1) is 9.79 Å². The molecule has 2 aromatic rings. The van der Waals surface area contributed by atoms with Gasteiger partial charge in [0.25, 0.3) is 10.0 Å². The molecule has 1 N–H and O–H groups in total. The molecule has 0 aliphatic carbocycles. The van der Waals surface area contributed by atoms with Gasteiger partial charge in [0.2, 0.25) is 10.0 Å². The molecular formula is C19H24N2O4S2. The van der Waals surface area contributed by atoms with Crippen LogP contribution in [0.4, 0.5) is 5.69 Å². The molecule has 0 saturated carbocycles. The van der Waals surface area contributed by atoms with E-state index in [1.807, 2.05) is 13.8 Å². The zero-order chi connectivity index (χ0) is 19.7. The SMILES string of the molecule is Cc1ccc(S(=O)(=O)Nc2ccc(S(=O)(=O)N3CCC[C@H](C)C3)cc2)cc1. The van der Waals surface area contributed by atoms with Crippen LogP contribution in [0.3, 0.4) is 0 Å². The van der Waals surface area contributed by atoms with Gasteiger partial charge in [-0.2, -0.15) is 4.31 Å². The highest BCUT2D eigenvalue weighted by atomic mass is 32.2. The van der Waals surface area contributed by atoms with Gasteiger partial charge < -0.3 is 0 Å². The first-order chi connectivity index (χ1) is 12.7. The van der Waals surface area contributed by atoms with E-state index in [1.54, 1.807) is 12.1 Å². The minimum atomic E-state index is -3.72. The summed E-state index contributed by atoms with van der Waals surface area (Å²) in [5, 5.41) is 0. The summed E-state index contributed by atoms with van der Waals surface area (Å²) in [6.07, 6.45) is 1.89. The summed E-state index contributed by atoms with van der Waals surface area (Å²) >= 11 is 0. The Labute approximate surface area is 161 Å². The summed E-state index contributed by atoms with van der Waals surface area (Å²) in [6.45, 7) is 4.97. The van der Waals surface area contributed by atoms with Crippen molar-refractivity contribution in [1.82, 2.24) is 4.31 Å². The van der Waals surface area contributed by atoms with Crippen LogP contribution >= 0.6 is 0 Å². The number of nitrogens with zero attached hydrogens (tertiary/aromatic N) is 1. The van der Waals surface area contributed by atoms with E-state index in [1.165, 1.54) is 40.7 Å². The maximum absolute atomic E-state index is 12.8. The van der Waals surface area contributed by atoms with Crippen LogP contribution in [-0.2, 0) is 20.0 Å². The monoisotopic (exact) mass is 408 g/mol. The lowest BCUT2D eigenvalue weighted by Gasteiger charge is -2.30. The molecule has 0 aromatic heterocycles. The van der Waals surface area contributed by atoms with Gasteiger partial charge in [-0.3, -0.25) is 4.72 Å². The number of nitrogens with one attached hydrogen (secondary N) is 1. The van der Waals surface area contributed by atoms with Gasteiger partial charge in [0, 0.05) is 18.8 Å². The highest BCUT2D eigenvalue weighted by Crippen LogP contribution is 2.25. The number of hydrogen-bond acceptors (Lipinski definition) is 4. The second kappa shape index (κ2) is 7.61. The Kier molecular flexibility index (Phi) is 5.60. The van der Waals surface area contributed by atoms with Crippen molar-refractivity contribution in [2.75, 3.05) is 17.8 Å². The standard InChI is InChI=1S/C19H24N2O4S2/c1-15-5-9-18(10-6-15)26(22,23)20-17-7-11-19(12-8-17)27(24,25)21-13-3-4-16(2)14-21/h5-12,16,20H,3-4,13-14H2,1-2H3/t16-/m0/s1. The van der Waals surface area contributed by atoms with Gasteiger partial charge in [-0.15, -0.1) is 0 Å². The minimum Gasteiger partial charge on any atom is -0.280 e. The smallest absolute Gasteiger partial charge is 0.261 e. The van der Waals surface area contributed by atoms with Crippen LogP contribution in [0.2, 0.25) is 0 Å². The zero-order valence-corrected chi connectivity index (χ0v) is 17.1. The van der Waals surface area contributed by atoms with E-state index in [0.717, 1.165) is 18.4 Å². The number of benzene rings is 2. The molecule has 0 bridgehead atoms. The fourth-order valence-electron chi connectivity index (χ4n) is 3.14. The molecule has 1 atom stereocenters. The molecule has 27 heavy (non-hydrogen) atoms. The minimum absolute atomic E-state index is 0.159. The quantitative estimate of drug-likeness (QED) is 0.823. The lowest BCUT2D eigenvalue weighted by atomic mass is 10.0. The molecule has 1 saturated heterocycles. The van der Waals surface area contributed by atoms with Gasteiger partial charge in [-0.1, -0.05) is 24.6 Å². The fraction of sp³-hybridized carbons (Fsp3) is 0.368. The summed E-state index contributed by atoms with van der Waals surface area (Å²) in [6, 6.07) is 12.4. The third-order valence-electron chi connectivity index (χ3n) is 4.70. The third kappa shape index (κ3) is 4.51. The first kappa shape index (κ1) is 19.9. The molecule has 146 valence electrons. The van der Waals surface area contributed by atoms with Crippen LogP contribution in [0.5, 0.6) is 0 Å². The van der Waals surface area contributed by atoms with E-state index in [-0.39, 0.29) is 9.79 Å². The molecule has 2 aromatic carbocycles. The summed E-state index contributed by atoms with van der Waals surface area (Å²) < 4.78 is 54.4. The predicted octanol–water partition coefficient (Wildman–Crippen LogP) is 3.22. The van der Waals surface area contributed by atoms with Gasteiger partial charge in [-0.25, -0.2) is 16.8 Å². The van der Waals surface area contributed by atoms with Gasteiger partial charge in [0.1, 0.15) is 0 Å². The topological polar surface area (TPSA) is 83.5 Å². The van der Waals surface area contributed by atoms with Crippen LogP contribution in [0.15, 0.2) is 58.3 Å². The van der Waals surface area contributed by atoms with Gasteiger partial charge >= 0.3 is 0 Å². The number of sulfonamides is 2. The number of aryl methyl sites for hydroxylation is 1. The van der Waals surface area contributed by atoms with Crippen LogP contribution in [0, 0.1) is 12.8 Å². The van der Waals surface area contributed by atoms with E-state index < -0.39 is 20.0 Å². The maximum atomic E-state index is 12.8. The van der Waals surface area contributed by atoms with Crippen molar-refractivity contribution < 1.29 is 16.8 Å².